The second-order valence-electron chi connectivity index (χ2n) is 5.94. The summed E-state index contributed by atoms with van der Waals surface area (Å²) in [6.45, 7) is 5.70. The van der Waals surface area contributed by atoms with Gasteiger partial charge >= 0.3 is 5.97 Å². The number of aliphatic carboxylic acids is 1. The van der Waals surface area contributed by atoms with Gasteiger partial charge in [-0.15, -0.1) is 0 Å². The molecule has 0 amide bonds. The van der Waals surface area contributed by atoms with E-state index in [9.17, 15) is 9.90 Å². The minimum Gasteiger partial charge on any atom is -0.480 e. The van der Waals surface area contributed by atoms with Crippen molar-refractivity contribution in [3.05, 3.63) is 5.28 Å². The first-order valence-electron chi connectivity index (χ1n) is 7.61. The Morgan fingerprint density at radius 2 is 1.95 bits per heavy atom. The fourth-order valence-electron chi connectivity index (χ4n) is 2.49. The van der Waals surface area contributed by atoms with Crippen LogP contribution in [0.5, 0.6) is 0 Å². The molecule has 0 saturated carbocycles. The summed E-state index contributed by atoms with van der Waals surface area (Å²) >= 11 is 5.96. The number of hydrogen-bond donors (Lipinski definition) is 2. The maximum Gasteiger partial charge on any atom is 0.326 e. The number of nitrogens with zero attached hydrogens (tertiary/aromatic N) is 4. The van der Waals surface area contributed by atoms with Crippen LogP contribution >= 0.6 is 11.6 Å². The number of aromatic nitrogens is 3. The van der Waals surface area contributed by atoms with E-state index in [1.807, 2.05) is 13.8 Å². The summed E-state index contributed by atoms with van der Waals surface area (Å²) in [6, 6.07) is -0.743. The first-order chi connectivity index (χ1) is 10.5. The fraction of sp³-hybridized carbons (Fsp3) is 0.714. The summed E-state index contributed by atoms with van der Waals surface area (Å²) in [5.74, 6) is 0.0433. The molecule has 1 fully saturated rings. The summed E-state index contributed by atoms with van der Waals surface area (Å²) in [5, 5.41) is 12.2. The van der Waals surface area contributed by atoms with E-state index >= 15 is 0 Å². The maximum absolute atomic E-state index is 11.3. The van der Waals surface area contributed by atoms with Crippen molar-refractivity contribution in [1.29, 1.82) is 0 Å². The van der Waals surface area contributed by atoms with Crippen molar-refractivity contribution in [3.8, 4) is 0 Å². The number of carboxylic acids is 1. The molecule has 8 heteroatoms. The van der Waals surface area contributed by atoms with Gasteiger partial charge in [-0.25, -0.2) is 4.79 Å². The molecular weight excluding hydrogens is 306 g/mol. The summed E-state index contributed by atoms with van der Waals surface area (Å²) < 4.78 is 0. The molecule has 22 heavy (non-hydrogen) atoms. The van der Waals surface area contributed by atoms with Crippen LogP contribution in [0.3, 0.4) is 0 Å². The van der Waals surface area contributed by atoms with E-state index in [0.717, 1.165) is 25.9 Å². The number of hydrogen-bond acceptors (Lipinski definition) is 6. The van der Waals surface area contributed by atoms with Crippen LogP contribution in [-0.4, -0.2) is 45.2 Å². The lowest BCUT2D eigenvalue weighted by Crippen LogP contribution is -2.33. The number of carboxylic acid groups (broad SMARTS) is 1. The number of anilines is 2. The second-order valence-corrected chi connectivity index (χ2v) is 6.28. The normalized spacial score (nSPS) is 16.6. The van der Waals surface area contributed by atoms with E-state index in [0.29, 0.717) is 12.4 Å². The zero-order valence-corrected chi connectivity index (χ0v) is 13.7. The summed E-state index contributed by atoms with van der Waals surface area (Å²) in [4.78, 5) is 25.9. The molecule has 122 valence electrons. The molecule has 2 heterocycles. The zero-order chi connectivity index (χ0) is 16.1. The zero-order valence-electron chi connectivity index (χ0n) is 12.9. The third-order valence-corrected chi connectivity index (χ3v) is 3.71. The van der Waals surface area contributed by atoms with Crippen molar-refractivity contribution < 1.29 is 9.90 Å². The molecule has 1 atom stereocenters. The van der Waals surface area contributed by atoms with Crippen LogP contribution in [0, 0.1) is 5.92 Å². The highest BCUT2D eigenvalue weighted by atomic mass is 35.5. The third kappa shape index (κ3) is 4.69. The average molecular weight is 328 g/mol. The van der Waals surface area contributed by atoms with Gasteiger partial charge in [0, 0.05) is 13.1 Å². The van der Waals surface area contributed by atoms with Crippen molar-refractivity contribution in [2.45, 2.75) is 45.6 Å². The molecule has 2 rings (SSSR count). The quantitative estimate of drug-likeness (QED) is 0.829. The first kappa shape index (κ1) is 16.7. The van der Waals surface area contributed by atoms with Crippen LogP contribution in [0.1, 0.15) is 39.5 Å². The predicted octanol–water partition coefficient (Wildman–Crippen LogP) is 2.43. The fourth-order valence-corrected chi connectivity index (χ4v) is 2.64. The van der Waals surface area contributed by atoms with Crippen molar-refractivity contribution in [3.63, 3.8) is 0 Å². The summed E-state index contributed by atoms with van der Waals surface area (Å²) in [6.07, 6.45) is 3.88. The van der Waals surface area contributed by atoms with Crippen LogP contribution in [-0.2, 0) is 4.79 Å². The van der Waals surface area contributed by atoms with Gasteiger partial charge in [0.15, 0.2) is 0 Å². The number of carbonyl (C=O) groups is 1. The van der Waals surface area contributed by atoms with Gasteiger partial charge in [0.2, 0.25) is 17.2 Å². The maximum atomic E-state index is 11.3. The lowest BCUT2D eigenvalue weighted by molar-refractivity contribution is -0.138. The molecule has 0 aliphatic carbocycles. The first-order valence-corrected chi connectivity index (χ1v) is 7.99. The van der Waals surface area contributed by atoms with Gasteiger partial charge in [-0.1, -0.05) is 13.8 Å². The molecule has 2 N–H and O–H groups in total. The van der Waals surface area contributed by atoms with E-state index in [1.165, 1.54) is 6.42 Å². The van der Waals surface area contributed by atoms with Crippen molar-refractivity contribution >= 4 is 29.5 Å². The monoisotopic (exact) mass is 327 g/mol. The Morgan fingerprint density at radius 3 is 2.55 bits per heavy atom. The largest absolute Gasteiger partial charge is 0.480 e. The Hall–Kier alpha value is -1.63. The smallest absolute Gasteiger partial charge is 0.326 e. The van der Waals surface area contributed by atoms with E-state index in [1.54, 1.807) is 0 Å². The number of nitrogens with one attached hydrogen (secondary N) is 1. The number of piperidine rings is 1. The lowest BCUT2D eigenvalue weighted by Gasteiger charge is -2.27. The van der Waals surface area contributed by atoms with Crippen molar-refractivity contribution in [2.75, 3.05) is 23.3 Å². The van der Waals surface area contributed by atoms with E-state index in [4.69, 9.17) is 11.6 Å². The van der Waals surface area contributed by atoms with Crippen molar-refractivity contribution in [1.82, 2.24) is 15.0 Å². The van der Waals surface area contributed by atoms with Gasteiger partial charge in [-0.05, 0) is 43.2 Å². The molecule has 0 aromatic carbocycles. The van der Waals surface area contributed by atoms with Crippen molar-refractivity contribution in [2.24, 2.45) is 5.92 Å². The molecule has 1 saturated heterocycles. The summed E-state index contributed by atoms with van der Waals surface area (Å²) in [5.41, 5.74) is 0. The molecule has 1 aromatic heterocycles. The number of rotatable bonds is 6. The number of halogens is 1. The molecule has 1 aromatic rings. The van der Waals surface area contributed by atoms with Gasteiger partial charge in [-0.3, -0.25) is 0 Å². The Bertz CT molecular complexity index is 520. The van der Waals surface area contributed by atoms with Crippen LogP contribution < -0.4 is 10.2 Å². The van der Waals surface area contributed by atoms with Gasteiger partial charge in [0.1, 0.15) is 6.04 Å². The molecule has 0 bridgehead atoms. The molecule has 0 unspecified atom stereocenters. The minimum absolute atomic E-state index is 0.0757. The molecule has 7 nitrogen and oxygen atoms in total. The highest BCUT2D eigenvalue weighted by Gasteiger charge is 2.21. The standard InChI is InChI=1S/C14H22ClN5O2/c1-9(2)8-10(11(21)22)16-13-17-12(15)18-14(19-13)20-6-4-3-5-7-20/h9-10H,3-8H2,1-2H3,(H,21,22)(H,16,17,18,19)/t10-/m0/s1. The Labute approximate surface area is 135 Å². The summed E-state index contributed by atoms with van der Waals surface area (Å²) in [7, 11) is 0. The van der Waals surface area contributed by atoms with E-state index in [-0.39, 0.29) is 17.1 Å². The highest BCUT2D eigenvalue weighted by Crippen LogP contribution is 2.19. The molecule has 0 spiro atoms. The average Bonchev–Trinajstić information content (AvgIpc) is 2.46. The lowest BCUT2D eigenvalue weighted by atomic mass is 10.0. The predicted molar refractivity (Wildman–Crippen MR) is 85.4 cm³/mol. The minimum atomic E-state index is -0.926. The topological polar surface area (TPSA) is 91.2 Å². The van der Waals surface area contributed by atoms with E-state index < -0.39 is 12.0 Å². The molecular formula is C14H22ClN5O2. The second kappa shape index (κ2) is 7.58. The van der Waals surface area contributed by atoms with Crippen LogP contribution in [0.15, 0.2) is 0 Å². The Kier molecular flexibility index (Phi) is 5.76. The highest BCUT2D eigenvalue weighted by molar-refractivity contribution is 6.28. The van der Waals surface area contributed by atoms with Gasteiger partial charge in [0.25, 0.3) is 0 Å². The van der Waals surface area contributed by atoms with Gasteiger partial charge < -0.3 is 15.3 Å². The Morgan fingerprint density at radius 1 is 1.27 bits per heavy atom. The Balaban J connectivity index is 2.15. The van der Waals surface area contributed by atoms with Crippen LogP contribution in [0.2, 0.25) is 5.28 Å². The van der Waals surface area contributed by atoms with Gasteiger partial charge in [-0.2, -0.15) is 15.0 Å². The molecule has 1 aliphatic rings. The van der Waals surface area contributed by atoms with Crippen LogP contribution in [0.4, 0.5) is 11.9 Å². The van der Waals surface area contributed by atoms with Gasteiger partial charge in [0.05, 0.1) is 0 Å². The SMILES string of the molecule is CC(C)C[C@H](Nc1nc(Cl)nc(N2CCCCC2)n1)C(=O)O. The van der Waals surface area contributed by atoms with Crippen LogP contribution in [0.25, 0.3) is 0 Å². The third-order valence-electron chi connectivity index (χ3n) is 3.54. The van der Waals surface area contributed by atoms with E-state index in [2.05, 4.69) is 25.2 Å². The molecule has 0 radical (unpaired) electrons. The molecule has 1 aliphatic heterocycles.